The van der Waals surface area contributed by atoms with Crippen LogP contribution < -0.4 is 10.1 Å². The first-order valence-electron chi connectivity index (χ1n) is 10.3. The molecule has 3 aromatic rings. The Morgan fingerprint density at radius 2 is 1.97 bits per heavy atom. The third-order valence-corrected chi connectivity index (χ3v) is 5.33. The van der Waals surface area contributed by atoms with E-state index in [0.717, 1.165) is 43.7 Å². The molecule has 1 aliphatic rings. The number of carbonyl (C=O) groups is 1. The van der Waals surface area contributed by atoms with Crippen molar-refractivity contribution in [3.63, 3.8) is 0 Å². The number of hydrogen-bond acceptors (Lipinski definition) is 4. The highest BCUT2D eigenvalue weighted by atomic mass is 16.5. The Balaban J connectivity index is 1.28. The van der Waals surface area contributed by atoms with Gasteiger partial charge >= 0.3 is 6.03 Å². The molecule has 1 aromatic carbocycles. The number of likely N-dealkylation sites (tertiary alicyclic amines) is 1. The molecule has 6 heteroatoms. The Morgan fingerprint density at radius 3 is 2.70 bits per heavy atom. The summed E-state index contributed by atoms with van der Waals surface area (Å²) in [4.78, 5) is 22.7. The Morgan fingerprint density at radius 1 is 1.10 bits per heavy atom. The lowest BCUT2D eigenvalue weighted by Crippen LogP contribution is -2.41. The highest BCUT2D eigenvalue weighted by Crippen LogP contribution is 2.26. The molecule has 0 atom stereocenters. The van der Waals surface area contributed by atoms with Gasteiger partial charge in [-0.2, -0.15) is 0 Å². The number of piperidine rings is 1. The Labute approximate surface area is 176 Å². The largest absolute Gasteiger partial charge is 0.439 e. The molecule has 0 unspecified atom stereocenters. The maximum atomic E-state index is 12.4. The predicted molar refractivity (Wildman–Crippen MR) is 117 cm³/mol. The number of pyridine rings is 2. The zero-order valence-corrected chi connectivity index (χ0v) is 17.1. The zero-order chi connectivity index (χ0) is 20.8. The van der Waals surface area contributed by atoms with E-state index in [0.29, 0.717) is 17.6 Å². The minimum Gasteiger partial charge on any atom is -0.439 e. The number of urea groups is 1. The minimum absolute atomic E-state index is 0.0758. The molecule has 1 N–H and O–H groups in total. The Hall–Kier alpha value is -3.41. The fraction of sp³-hybridized carbons (Fsp3) is 0.292. The van der Waals surface area contributed by atoms with E-state index in [1.165, 1.54) is 5.56 Å². The zero-order valence-electron chi connectivity index (χ0n) is 17.1. The molecule has 0 aliphatic carbocycles. The van der Waals surface area contributed by atoms with Crippen LogP contribution in [0.3, 0.4) is 0 Å². The molecule has 0 bridgehead atoms. The molecule has 154 valence electrons. The molecule has 0 spiro atoms. The molecule has 1 saturated heterocycles. The number of anilines is 1. The van der Waals surface area contributed by atoms with Crippen molar-refractivity contribution < 1.29 is 9.53 Å². The normalized spacial score (nSPS) is 14.4. The quantitative estimate of drug-likeness (QED) is 0.647. The first-order chi connectivity index (χ1) is 14.7. The average Bonchev–Trinajstić information content (AvgIpc) is 2.77. The maximum Gasteiger partial charge on any atom is 0.323 e. The lowest BCUT2D eigenvalue weighted by Gasteiger charge is -2.32. The second-order valence-corrected chi connectivity index (χ2v) is 7.70. The molecule has 0 saturated carbocycles. The number of carbonyl (C=O) groups excluding carboxylic acids is 1. The van der Waals surface area contributed by atoms with E-state index in [2.05, 4.69) is 27.4 Å². The molecule has 3 heterocycles. The van der Waals surface area contributed by atoms with Crippen molar-refractivity contribution in [3.05, 3.63) is 78.1 Å². The van der Waals surface area contributed by atoms with Crippen LogP contribution in [0.4, 0.5) is 10.6 Å². The van der Waals surface area contributed by atoms with Gasteiger partial charge in [-0.3, -0.25) is 5.32 Å². The maximum absolute atomic E-state index is 12.4. The number of nitrogens with one attached hydrogen (secondary N) is 1. The van der Waals surface area contributed by atoms with Crippen molar-refractivity contribution in [2.45, 2.75) is 26.2 Å². The highest BCUT2D eigenvalue weighted by Gasteiger charge is 2.23. The van der Waals surface area contributed by atoms with Gasteiger partial charge in [-0.25, -0.2) is 14.8 Å². The Kier molecular flexibility index (Phi) is 6.23. The van der Waals surface area contributed by atoms with Crippen LogP contribution >= 0.6 is 0 Å². The molecule has 1 fully saturated rings. The van der Waals surface area contributed by atoms with E-state index >= 15 is 0 Å². The third-order valence-electron chi connectivity index (χ3n) is 5.33. The first-order valence-corrected chi connectivity index (χ1v) is 10.3. The average molecular weight is 402 g/mol. The smallest absolute Gasteiger partial charge is 0.323 e. The van der Waals surface area contributed by atoms with Crippen LogP contribution in [0.25, 0.3) is 0 Å². The topological polar surface area (TPSA) is 67.3 Å². The minimum atomic E-state index is -0.0758. The van der Waals surface area contributed by atoms with Crippen molar-refractivity contribution in [3.8, 4) is 11.6 Å². The number of benzene rings is 1. The molecular weight excluding hydrogens is 376 g/mol. The van der Waals surface area contributed by atoms with Crippen molar-refractivity contribution in [1.29, 1.82) is 0 Å². The summed E-state index contributed by atoms with van der Waals surface area (Å²) in [5.74, 6) is 2.54. The van der Waals surface area contributed by atoms with Gasteiger partial charge in [0, 0.05) is 31.5 Å². The monoisotopic (exact) mass is 402 g/mol. The van der Waals surface area contributed by atoms with Gasteiger partial charge in [-0.1, -0.05) is 24.3 Å². The number of rotatable bonds is 5. The van der Waals surface area contributed by atoms with Gasteiger partial charge in [-0.05, 0) is 67.5 Å². The van der Waals surface area contributed by atoms with Crippen molar-refractivity contribution >= 4 is 11.8 Å². The number of hydrogen-bond donors (Lipinski definition) is 1. The summed E-state index contributed by atoms with van der Waals surface area (Å²) < 4.78 is 5.89. The fourth-order valence-electron chi connectivity index (χ4n) is 3.67. The fourth-order valence-corrected chi connectivity index (χ4v) is 3.67. The molecule has 6 nitrogen and oxygen atoms in total. The van der Waals surface area contributed by atoms with Crippen LogP contribution in [0.1, 0.15) is 24.0 Å². The molecule has 4 rings (SSSR count). The number of aryl methyl sites for hydroxylation is 1. The van der Waals surface area contributed by atoms with E-state index in [1.807, 2.05) is 48.2 Å². The summed E-state index contributed by atoms with van der Waals surface area (Å²) in [6, 6.07) is 17.5. The van der Waals surface area contributed by atoms with E-state index in [1.54, 1.807) is 18.5 Å². The lowest BCUT2D eigenvalue weighted by atomic mass is 9.90. The molecule has 2 aromatic heterocycles. The number of aromatic nitrogens is 2. The number of ether oxygens (including phenoxy) is 1. The van der Waals surface area contributed by atoms with Crippen LogP contribution in [0, 0.1) is 12.8 Å². The van der Waals surface area contributed by atoms with E-state index in [-0.39, 0.29) is 6.03 Å². The summed E-state index contributed by atoms with van der Waals surface area (Å²) >= 11 is 0. The van der Waals surface area contributed by atoms with Gasteiger partial charge in [0.15, 0.2) is 0 Å². The molecular formula is C24H26N4O2. The molecule has 0 radical (unpaired) electrons. The summed E-state index contributed by atoms with van der Waals surface area (Å²) in [6.07, 6.45) is 6.43. The van der Waals surface area contributed by atoms with E-state index in [9.17, 15) is 4.79 Å². The van der Waals surface area contributed by atoms with Gasteiger partial charge in [0.05, 0.1) is 0 Å². The summed E-state index contributed by atoms with van der Waals surface area (Å²) in [5, 5.41) is 2.86. The van der Waals surface area contributed by atoms with Crippen LogP contribution in [0.5, 0.6) is 11.6 Å². The van der Waals surface area contributed by atoms with Crippen LogP contribution in [-0.4, -0.2) is 34.0 Å². The van der Waals surface area contributed by atoms with Crippen molar-refractivity contribution in [2.24, 2.45) is 5.92 Å². The standard InChI is InChI=1S/C24H26N4O2/c1-18-8-9-23(26-17-18)30-21-6-4-5-20(16-21)15-19-10-13-28(14-11-19)24(29)27-22-7-2-3-12-25-22/h2-9,12,16-17,19H,10-11,13-15H2,1H3,(H,25,27,29). The van der Waals surface area contributed by atoms with Crippen LogP contribution in [-0.2, 0) is 6.42 Å². The molecule has 2 amide bonds. The highest BCUT2D eigenvalue weighted by molar-refractivity contribution is 5.88. The van der Waals surface area contributed by atoms with Gasteiger partial charge in [-0.15, -0.1) is 0 Å². The van der Waals surface area contributed by atoms with Crippen molar-refractivity contribution in [1.82, 2.24) is 14.9 Å². The van der Waals surface area contributed by atoms with Crippen LogP contribution in [0.2, 0.25) is 0 Å². The SMILES string of the molecule is Cc1ccc(Oc2cccc(CC3CCN(C(=O)Nc4ccccn4)CC3)c2)nc1. The van der Waals surface area contributed by atoms with Gasteiger partial charge in [0.25, 0.3) is 0 Å². The lowest BCUT2D eigenvalue weighted by molar-refractivity contribution is 0.182. The van der Waals surface area contributed by atoms with E-state index < -0.39 is 0 Å². The first kappa shape index (κ1) is 19.9. The third kappa shape index (κ3) is 5.35. The van der Waals surface area contributed by atoms with Crippen LogP contribution in [0.15, 0.2) is 67.0 Å². The van der Waals surface area contributed by atoms with Crippen molar-refractivity contribution in [2.75, 3.05) is 18.4 Å². The predicted octanol–water partition coefficient (Wildman–Crippen LogP) is 5.06. The second-order valence-electron chi connectivity index (χ2n) is 7.70. The molecule has 30 heavy (non-hydrogen) atoms. The molecule has 1 aliphatic heterocycles. The number of nitrogens with zero attached hydrogens (tertiary/aromatic N) is 3. The second kappa shape index (κ2) is 9.39. The van der Waals surface area contributed by atoms with Gasteiger partial charge < -0.3 is 9.64 Å². The summed E-state index contributed by atoms with van der Waals surface area (Å²) in [5.41, 5.74) is 2.35. The summed E-state index contributed by atoms with van der Waals surface area (Å²) in [7, 11) is 0. The number of amides is 2. The van der Waals surface area contributed by atoms with Gasteiger partial charge in [0.2, 0.25) is 5.88 Å². The van der Waals surface area contributed by atoms with E-state index in [4.69, 9.17) is 4.74 Å². The summed E-state index contributed by atoms with van der Waals surface area (Å²) in [6.45, 7) is 3.52. The van der Waals surface area contributed by atoms with Gasteiger partial charge in [0.1, 0.15) is 11.6 Å². The Bertz CT molecular complexity index is 968.